The molecule has 2 aromatic heterocycles. The third kappa shape index (κ3) is 3.55. The molecule has 0 bridgehead atoms. The molecule has 0 radical (unpaired) electrons. The molecule has 0 saturated carbocycles. The van der Waals surface area contributed by atoms with Crippen LogP contribution in [0.15, 0.2) is 24.5 Å². The Kier molecular flexibility index (Phi) is 4.34. The van der Waals surface area contributed by atoms with E-state index in [-0.39, 0.29) is 22.9 Å². The molecule has 11 heteroatoms. The van der Waals surface area contributed by atoms with Gasteiger partial charge >= 0.3 is 0 Å². The number of nitrogens with zero attached hydrogens (tertiary/aromatic N) is 4. The highest BCUT2D eigenvalue weighted by Gasteiger charge is 2.40. The molecule has 1 saturated heterocycles. The van der Waals surface area contributed by atoms with Crippen LogP contribution >= 0.6 is 10.6 Å². The minimum absolute atomic E-state index is 0.0333. The molecule has 3 rings (SSSR count). The van der Waals surface area contributed by atoms with Crippen molar-refractivity contribution < 1.29 is 18.3 Å². The van der Waals surface area contributed by atoms with Gasteiger partial charge in [-0.3, -0.25) is 18.6 Å². The first-order valence-electron chi connectivity index (χ1n) is 7.20. The Morgan fingerprint density at radius 2 is 2.28 bits per heavy atom. The lowest BCUT2D eigenvalue weighted by Crippen LogP contribution is -2.17. The number of carbonyl (C=O) groups excluding carboxylic acids is 1. The van der Waals surface area contributed by atoms with Gasteiger partial charge in [0.15, 0.2) is 5.82 Å². The fourth-order valence-corrected chi connectivity index (χ4v) is 4.63. The number of halogens is 1. The summed E-state index contributed by atoms with van der Waals surface area (Å²) in [7, 11) is -2.87. The van der Waals surface area contributed by atoms with Crippen LogP contribution in [0.1, 0.15) is 16.4 Å². The maximum absolute atomic E-state index is 13.2. The summed E-state index contributed by atoms with van der Waals surface area (Å²) in [5.74, 6) is -2.12. The molecular weight excluding hydrogens is 351 g/mol. The van der Waals surface area contributed by atoms with Crippen LogP contribution in [0.3, 0.4) is 0 Å². The van der Waals surface area contributed by atoms with E-state index in [1.807, 2.05) is 6.07 Å². The highest BCUT2D eigenvalue weighted by Crippen LogP contribution is 2.52. The summed E-state index contributed by atoms with van der Waals surface area (Å²) in [6.45, 7) is 0. The van der Waals surface area contributed by atoms with Gasteiger partial charge < -0.3 is 11.1 Å². The number of nitrogens with one attached hydrogen (secondary N) is 1. The van der Waals surface area contributed by atoms with Crippen molar-refractivity contribution in [1.82, 2.24) is 14.8 Å². The smallest absolute Gasteiger partial charge is 0.254 e. The molecule has 0 aromatic carbocycles. The number of hydrogen-bond acceptors (Lipinski definition) is 7. The largest absolute Gasteiger partial charge is 0.365 e. The van der Waals surface area contributed by atoms with Gasteiger partial charge in [0.2, 0.25) is 5.95 Å². The monoisotopic (exact) mass is 366 g/mol. The molecule has 25 heavy (non-hydrogen) atoms. The number of rotatable bonds is 4. The molecule has 5 N–H and O–H groups in total. The van der Waals surface area contributed by atoms with E-state index in [0.29, 0.717) is 5.69 Å². The molecule has 1 amide bonds. The van der Waals surface area contributed by atoms with Crippen LogP contribution in [-0.4, -0.2) is 41.3 Å². The van der Waals surface area contributed by atoms with E-state index in [9.17, 15) is 23.6 Å². The number of carbonyl (C=O) groups is 1. The van der Waals surface area contributed by atoms with Gasteiger partial charge in [-0.15, -0.1) is 0 Å². The van der Waals surface area contributed by atoms with Crippen LogP contribution in [0, 0.1) is 23.2 Å². The van der Waals surface area contributed by atoms with Crippen molar-refractivity contribution in [2.45, 2.75) is 6.04 Å². The van der Waals surface area contributed by atoms with Crippen LogP contribution in [0.2, 0.25) is 0 Å². The zero-order valence-corrected chi connectivity index (χ0v) is 13.6. The molecule has 2 unspecified atom stereocenters. The van der Waals surface area contributed by atoms with E-state index < -0.39 is 34.4 Å². The number of nitrogens with two attached hydrogens (primary N) is 1. The quantitative estimate of drug-likeness (QED) is 0.601. The highest BCUT2D eigenvalue weighted by atomic mass is 32.3. The zero-order valence-electron chi connectivity index (χ0n) is 12.8. The summed E-state index contributed by atoms with van der Waals surface area (Å²) in [4.78, 5) is 15.1. The number of hydrogen-bond donors (Lipinski definition) is 4. The Balaban J connectivity index is 1.95. The second-order valence-electron chi connectivity index (χ2n) is 5.67. The summed E-state index contributed by atoms with van der Waals surface area (Å²) in [6, 6.07) is 4.03. The summed E-state index contributed by atoms with van der Waals surface area (Å²) in [6.07, 6.45) is 2.59. The van der Waals surface area contributed by atoms with Crippen molar-refractivity contribution in [2.24, 2.45) is 11.7 Å². The Morgan fingerprint density at radius 3 is 2.92 bits per heavy atom. The summed E-state index contributed by atoms with van der Waals surface area (Å²) in [5, 5.41) is 16.2. The van der Waals surface area contributed by atoms with Gasteiger partial charge in [0.25, 0.3) is 5.91 Å². The van der Waals surface area contributed by atoms with Gasteiger partial charge in [0.05, 0.1) is 29.5 Å². The van der Waals surface area contributed by atoms with Crippen molar-refractivity contribution in [3.8, 4) is 6.07 Å². The van der Waals surface area contributed by atoms with Crippen LogP contribution in [0.5, 0.6) is 0 Å². The van der Waals surface area contributed by atoms with E-state index in [1.54, 1.807) is 0 Å². The molecule has 2 atom stereocenters. The maximum atomic E-state index is 13.2. The van der Waals surface area contributed by atoms with Crippen molar-refractivity contribution in [3.63, 3.8) is 0 Å². The van der Waals surface area contributed by atoms with E-state index in [4.69, 9.17) is 5.73 Å². The van der Waals surface area contributed by atoms with Crippen molar-refractivity contribution in [1.29, 1.82) is 5.26 Å². The molecule has 9 nitrogen and oxygen atoms in total. The van der Waals surface area contributed by atoms with Crippen LogP contribution in [0.4, 0.5) is 15.9 Å². The third-order valence-corrected chi connectivity index (χ3v) is 5.61. The normalized spacial score (nSPS) is 23.0. The lowest BCUT2D eigenvalue weighted by molar-refractivity contribution is 0.100. The molecule has 132 valence electrons. The number of pyridine rings is 1. The number of nitriles is 1. The minimum Gasteiger partial charge on any atom is -0.365 e. The second kappa shape index (κ2) is 6.32. The van der Waals surface area contributed by atoms with Gasteiger partial charge in [-0.2, -0.15) is 25.3 Å². The van der Waals surface area contributed by atoms with Gasteiger partial charge in [0, 0.05) is 24.1 Å². The predicted molar refractivity (Wildman–Crippen MR) is 88.9 cm³/mol. The Morgan fingerprint density at radius 1 is 1.52 bits per heavy atom. The SMILES string of the molecule is N#CC1CS(O)(O)CC1n1cc(C(N)=O)c(Nc2ccnc(F)c2)n1. The fraction of sp³-hybridized carbons (Fsp3) is 0.286. The van der Waals surface area contributed by atoms with Gasteiger partial charge in [-0.1, -0.05) is 0 Å². The van der Waals surface area contributed by atoms with Gasteiger partial charge in [-0.05, 0) is 6.07 Å². The third-order valence-electron chi connectivity index (χ3n) is 3.84. The Labute approximate surface area is 143 Å². The fourth-order valence-electron chi connectivity index (χ4n) is 2.69. The molecule has 3 heterocycles. The van der Waals surface area contributed by atoms with E-state index in [0.717, 1.165) is 6.07 Å². The average Bonchev–Trinajstić information content (AvgIpc) is 3.07. The van der Waals surface area contributed by atoms with Crippen molar-refractivity contribution >= 4 is 28.0 Å². The molecule has 0 aliphatic carbocycles. The first-order valence-corrected chi connectivity index (χ1v) is 9.08. The lowest BCUT2D eigenvalue weighted by atomic mass is 10.1. The zero-order chi connectivity index (χ0) is 18.2. The minimum atomic E-state index is -2.87. The molecule has 1 fully saturated rings. The number of anilines is 2. The summed E-state index contributed by atoms with van der Waals surface area (Å²) in [5.41, 5.74) is 5.71. The molecular formula is C14H15FN6O3S. The topological polar surface area (TPSA) is 150 Å². The number of aromatic nitrogens is 3. The highest BCUT2D eigenvalue weighted by molar-refractivity contribution is 8.24. The Bertz CT molecular complexity index is 864. The van der Waals surface area contributed by atoms with Crippen molar-refractivity contribution in [3.05, 3.63) is 36.0 Å². The Hall–Kier alpha value is -2.68. The number of primary amides is 1. The first-order chi connectivity index (χ1) is 11.8. The molecule has 1 aliphatic rings. The van der Waals surface area contributed by atoms with Crippen LogP contribution < -0.4 is 11.1 Å². The summed E-state index contributed by atoms with van der Waals surface area (Å²) < 4.78 is 34.3. The average molecular weight is 366 g/mol. The summed E-state index contributed by atoms with van der Waals surface area (Å²) >= 11 is 0. The molecule has 1 aliphatic heterocycles. The van der Waals surface area contributed by atoms with Gasteiger partial charge in [-0.25, -0.2) is 4.98 Å². The van der Waals surface area contributed by atoms with Crippen molar-refractivity contribution in [2.75, 3.05) is 16.8 Å². The second-order valence-corrected chi connectivity index (χ2v) is 7.94. The lowest BCUT2D eigenvalue weighted by Gasteiger charge is -2.25. The van der Waals surface area contributed by atoms with E-state index in [2.05, 4.69) is 15.4 Å². The molecule has 0 spiro atoms. The van der Waals surface area contributed by atoms with E-state index in [1.165, 1.54) is 23.1 Å². The van der Waals surface area contributed by atoms with Crippen LogP contribution in [-0.2, 0) is 0 Å². The predicted octanol–water partition coefficient (Wildman–Crippen LogP) is 1.70. The first kappa shape index (κ1) is 17.2. The van der Waals surface area contributed by atoms with E-state index >= 15 is 0 Å². The molecule has 2 aromatic rings. The standard InChI is InChI=1S/C14H15FN6O3S/c15-12-3-9(1-2-18-12)19-14-10(13(17)22)5-21(20-14)11-7-25(23,24)6-8(11)4-16/h1-3,5,8,11,23-24H,6-7H2,(H2,17,22)(H,18,19,20). The number of amides is 1. The van der Waals surface area contributed by atoms with Crippen LogP contribution in [0.25, 0.3) is 0 Å². The maximum Gasteiger partial charge on any atom is 0.254 e. The van der Waals surface area contributed by atoms with Gasteiger partial charge in [0.1, 0.15) is 5.56 Å².